The van der Waals surface area contributed by atoms with Crippen molar-refractivity contribution in [3.05, 3.63) is 17.7 Å². The Morgan fingerprint density at radius 3 is 1.94 bits per heavy atom. The van der Waals surface area contributed by atoms with Gasteiger partial charge in [-0.2, -0.15) is 12.6 Å². The topological polar surface area (TPSA) is 53.7 Å². The summed E-state index contributed by atoms with van der Waals surface area (Å²) in [5.74, 6) is 2.48. The normalized spacial score (nSPS) is 12.1. The Balaban J connectivity index is 3.31. The molecule has 0 saturated heterocycles. The van der Waals surface area contributed by atoms with Crippen LogP contribution in [0.25, 0.3) is 0 Å². The van der Waals surface area contributed by atoms with Gasteiger partial charge >= 0.3 is 0 Å². The third-order valence-corrected chi connectivity index (χ3v) is 2.71. The molecular weight excluding hydrogens is 226 g/mol. The summed E-state index contributed by atoms with van der Waals surface area (Å²) >= 11 is 4.18. The van der Waals surface area contributed by atoms with Crippen LogP contribution in [0.5, 0.6) is 17.2 Å². The Morgan fingerprint density at radius 1 is 1.12 bits per heavy atom. The van der Waals surface area contributed by atoms with E-state index in [0.29, 0.717) is 23.0 Å². The van der Waals surface area contributed by atoms with Crippen molar-refractivity contribution in [3.63, 3.8) is 0 Å². The molecule has 0 aliphatic heterocycles. The van der Waals surface area contributed by atoms with Crippen LogP contribution < -0.4 is 19.9 Å². The van der Waals surface area contributed by atoms with E-state index < -0.39 is 0 Å². The molecule has 0 aromatic heterocycles. The van der Waals surface area contributed by atoms with Gasteiger partial charge in [-0.3, -0.25) is 0 Å². The quantitative estimate of drug-likeness (QED) is 0.772. The van der Waals surface area contributed by atoms with Gasteiger partial charge in [0.1, 0.15) is 17.2 Å². The molecule has 0 spiro atoms. The lowest BCUT2D eigenvalue weighted by Crippen LogP contribution is -2.14. The first-order valence-corrected chi connectivity index (χ1v) is 5.47. The standard InChI is InChI=1S/C11H17NO3S/c1-13-7-4-9(14-2)11(8(12)6-16)10(5-7)15-3/h4-5,8,16H,6,12H2,1-3H3. The summed E-state index contributed by atoms with van der Waals surface area (Å²) in [4.78, 5) is 0. The number of hydrogen-bond acceptors (Lipinski definition) is 5. The third kappa shape index (κ3) is 2.54. The Morgan fingerprint density at radius 2 is 1.62 bits per heavy atom. The first-order valence-electron chi connectivity index (χ1n) is 4.84. The van der Waals surface area contributed by atoms with Crippen LogP contribution in [0.15, 0.2) is 12.1 Å². The predicted octanol–water partition coefficient (Wildman–Crippen LogP) is 1.64. The highest BCUT2D eigenvalue weighted by molar-refractivity contribution is 7.80. The van der Waals surface area contributed by atoms with Crippen LogP contribution in [0.2, 0.25) is 0 Å². The van der Waals surface area contributed by atoms with Crippen LogP contribution in [-0.2, 0) is 0 Å². The molecule has 5 heteroatoms. The fraction of sp³-hybridized carbons (Fsp3) is 0.455. The number of rotatable bonds is 5. The van der Waals surface area contributed by atoms with Crippen molar-refractivity contribution in [3.8, 4) is 17.2 Å². The van der Waals surface area contributed by atoms with Crippen LogP contribution in [0, 0.1) is 0 Å². The van der Waals surface area contributed by atoms with Crippen molar-refractivity contribution in [2.24, 2.45) is 5.73 Å². The van der Waals surface area contributed by atoms with Crippen LogP contribution in [-0.4, -0.2) is 27.1 Å². The fourth-order valence-corrected chi connectivity index (χ4v) is 1.67. The Labute approximate surface area is 101 Å². The smallest absolute Gasteiger partial charge is 0.131 e. The molecule has 2 N–H and O–H groups in total. The highest BCUT2D eigenvalue weighted by Gasteiger charge is 2.18. The van der Waals surface area contributed by atoms with Gasteiger partial charge in [-0.15, -0.1) is 0 Å². The largest absolute Gasteiger partial charge is 0.496 e. The molecule has 0 radical (unpaired) electrons. The summed E-state index contributed by atoms with van der Waals surface area (Å²) in [5.41, 5.74) is 6.77. The second-order valence-corrected chi connectivity index (χ2v) is 3.60. The van der Waals surface area contributed by atoms with E-state index in [9.17, 15) is 0 Å². The van der Waals surface area contributed by atoms with Crippen molar-refractivity contribution >= 4 is 12.6 Å². The van der Waals surface area contributed by atoms with Crippen LogP contribution >= 0.6 is 12.6 Å². The number of hydrogen-bond donors (Lipinski definition) is 2. The zero-order valence-electron chi connectivity index (χ0n) is 9.69. The van der Waals surface area contributed by atoms with Crippen LogP contribution in [0.4, 0.5) is 0 Å². The molecule has 0 aliphatic carbocycles. The van der Waals surface area contributed by atoms with Gasteiger partial charge in [-0.1, -0.05) is 0 Å². The summed E-state index contributed by atoms with van der Waals surface area (Å²) < 4.78 is 15.7. The molecule has 90 valence electrons. The molecule has 4 nitrogen and oxygen atoms in total. The Kier molecular flexibility index (Phi) is 4.76. The van der Waals surface area contributed by atoms with Gasteiger partial charge < -0.3 is 19.9 Å². The van der Waals surface area contributed by atoms with Crippen molar-refractivity contribution in [2.75, 3.05) is 27.1 Å². The maximum atomic E-state index is 5.96. The van der Waals surface area contributed by atoms with E-state index in [1.54, 1.807) is 33.5 Å². The van der Waals surface area contributed by atoms with Crippen molar-refractivity contribution in [1.82, 2.24) is 0 Å². The zero-order chi connectivity index (χ0) is 12.1. The Hall–Kier alpha value is -1.07. The first-order chi connectivity index (χ1) is 7.67. The number of ether oxygens (including phenoxy) is 3. The van der Waals surface area contributed by atoms with Crippen molar-refractivity contribution in [2.45, 2.75) is 6.04 Å². The molecule has 1 aromatic rings. The molecule has 0 bridgehead atoms. The van der Waals surface area contributed by atoms with Gasteiger partial charge in [0, 0.05) is 23.9 Å². The maximum Gasteiger partial charge on any atom is 0.131 e. The van der Waals surface area contributed by atoms with Gasteiger partial charge in [-0.25, -0.2) is 0 Å². The van der Waals surface area contributed by atoms with E-state index in [1.165, 1.54) is 0 Å². The third-order valence-electron chi connectivity index (χ3n) is 2.32. The van der Waals surface area contributed by atoms with Gasteiger partial charge in [0.2, 0.25) is 0 Å². The van der Waals surface area contributed by atoms with Crippen LogP contribution in [0.3, 0.4) is 0 Å². The zero-order valence-corrected chi connectivity index (χ0v) is 10.6. The van der Waals surface area contributed by atoms with E-state index in [2.05, 4.69) is 12.6 Å². The lowest BCUT2D eigenvalue weighted by atomic mass is 10.1. The molecule has 1 aromatic carbocycles. The maximum absolute atomic E-state index is 5.96. The molecule has 1 rings (SSSR count). The molecule has 0 fully saturated rings. The minimum Gasteiger partial charge on any atom is -0.496 e. The van der Waals surface area contributed by atoms with Crippen molar-refractivity contribution in [1.29, 1.82) is 0 Å². The van der Waals surface area contributed by atoms with E-state index in [4.69, 9.17) is 19.9 Å². The SMILES string of the molecule is COc1cc(OC)c(C(N)CS)c(OC)c1. The average molecular weight is 243 g/mol. The average Bonchev–Trinajstić information content (AvgIpc) is 2.35. The Bertz CT molecular complexity index is 332. The number of benzene rings is 1. The van der Waals surface area contributed by atoms with E-state index in [-0.39, 0.29) is 6.04 Å². The van der Waals surface area contributed by atoms with Gasteiger partial charge in [-0.05, 0) is 0 Å². The summed E-state index contributed by atoms with van der Waals surface area (Å²) in [5, 5.41) is 0. The second-order valence-electron chi connectivity index (χ2n) is 3.23. The first kappa shape index (κ1) is 13.0. The highest BCUT2D eigenvalue weighted by Crippen LogP contribution is 2.37. The number of methoxy groups -OCH3 is 3. The number of thiol groups is 1. The molecule has 0 amide bonds. The lowest BCUT2D eigenvalue weighted by Gasteiger charge is -2.18. The summed E-state index contributed by atoms with van der Waals surface area (Å²) in [6.07, 6.45) is 0. The second kappa shape index (κ2) is 5.86. The van der Waals surface area contributed by atoms with E-state index in [1.807, 2.05) is 0 Å². The molecule has 1 unspecified atom stereocenters. The van der Waals surface area contributed by atoms with Gasteiger partial charge in [0.05, 0.1) is 26.9 Å². The lowest BCUT2D eigenvalue weighted by molar-refractivity contribution is 0.366. The minimum atomic E-state index is -0.237. The molecule has 0 aliphatic rings. The molecular formula is C11H17NO3S. The van der Waals surface area contributed by atoms with Crippen LogP contribution in [0.1, 0.15) is 11.6 Å². The molecule has 1 atom stereocenters. The van der Waals surface area contributed by atoms with E-state index >= 15 is 0 Å². The minimum absolute atomic E-state index is 0.237. The molecule has 16 heavy (non-hydrogen) atoms. The summed E-state index contributed by atoms with van der Waals surface area (Å²) in [6.45, 7) is 0. The van der Waals surface area contributed by atoms with E-state index in [0.717, 1.165) is 5.56 Å². The predicted molar refractivity (Wildman–Crippen MR) is 66.9 cm³/mol. The molecule has 0 heterocycles. The fourth-order valence-electron chi connectivity index (χ4n) is 1.49. The number of nitrogens with two attached hydrogens (primary N) is 1. The monoisotopic (exact) mass is 243 g/mol. The summed E-state index contributed by atoms with van der Waals surface area (Å²) in [7, 11) is 4.76. The van der Waals surface area contributed by atoms with Gasteiger partial charge in [0.25, 0.3) is 0 Å². The highest BCUT2D eigenvalue weighted by atomic mass is 32.1. The van der Waals surface area contributed by atoms with Crippen molar-refractivity contribution < 1.29 is 14.2 Å². The molecule has 0 saturated carbocycles. The summed E-state index contributed by atoms with van der Waals surface area (Å²) in [6, 6.07) is 3.32. The van der Waals surface area contributed by atoms with Gasteiger partial charge in [0.15, 0.2) is 0 Å².